The Morgan fingerprint density at radius 3 is 2.64 bits per heavy atom. The van der Waals surface area contributed by atoms with Crippen molar-refractivity contribution in [1.29, 1.82) is 0 Å². The number of amides is 1. The predicted octanol–water partition coefficient (Wildman–Crippen LogP) is 2.21. The van der Waals surface area contributed by atoms with Crippen LogP contribution in [-0.2, 0) is 0 Å². The van der Waals surface area contributed by atoms with Crippen molar-refractivity contribution < 1.29 is 19.0 Å². The van der Waals surface area contributed by atoms with E-state index >= 15 is 0 Å². The molecule has 150 valence electrons. The lowest BCUT2D eigenvalue weighted by Crippen LogP contribution is -2.28. The number of hydrogen-bond acceptors (Lipinski definition) is 7. The van der Waals surface area contributed by atoms with E-state index in [2.05, 4.69) is 20.2 Å². The van der Waals surface area contributed by atoms with Crippen LogP contribution < -0.4 is 24.4 Å². The molecule has 8 heteroatoms. The number of carbonyl (C=O) groups excluding carboxylic acids is 1. The Labute approximate surface area is 164 Å². The molecule has 1 aliphatic heterocycles. The summed E-state index contributed by atoms with van der Waals surface area (Å²) < 4.78 is 16.1. The number of hydrogen-bond donors (Lipinski definition) is 1. The quantitative estimate of drug-likeness (QED) is 0.696. The highest BCUT2D eigenvalue weighted by molar-refractivity contribution is 5.97. The van der Waals surface area contributed by atoms with Crippen molar-refractivity contribution in [2.24, 2.45) is 0 Å². The highest BCUT2D eigenvalue weighted by Gasteiger charge is 2.16. The number of nitrogens with one attached hydrogen (secondary N) is 1. The molecule has 0 spiro atoms. The molecule has 1 amide bonds. The van der Waals surface area contributed by atoms with Gasteiger partial charge in [0.2, 0.25) is 5.88 Å². The standard InChI is InChI=1S/C20H26N4O4/c1-14-22-18(24-9-4-5-10-24)13-19(23-14)28-11-8-21-20(25)16-7-6-15(26-2)12-17(16)27-3/h6-7,12-13H,4-5,8-11H2,1-3H3,(H,21,25). The second kappa shape index (κ2) is 9.25. The van der Waals surface area contributed by atoms with Gasteiger partial charge in [-0.05, 0) is 31.9 Å². The minimum Gasteiger partial charge on any atom is -0.497 e. The molecule has 0 saturated carbocycles. The molecule has 0 aliphatic carbocycles. The number of aryl methyl sites for hydroxylation is 1. The van der Waals surface area contributed by atoms with Crippen molar-refractivity contribution in [3.63, 3.8) is 0 Å². The molecule has 8 nitrogen and oxygen atoms in total. The van der Waals surface area contributed by atoms with Crippen LogP contribution in [-0.4, -0.2) is 56.3 Å². The van der Waals surface area contributed by atoms with E-state index in [1.807, 2.05) is 13.0 Å². The first kappa shape index (κ1) is 19.7. The Hall–Kier alpha value is -3.03. The molecule has 2 aromatic rings. The van der Waals surface area contributed by atoms with Gasteiger partial charge in [0, 0.05) is 25.2 Å². The van der Waals surface area contributed by atoms with Crippen LogP contribution in [0.3, 0.4) is 0 Å². The Morgan fingerprint density at radius 1 is 1.14 bits per heavy atom. The highest BCUT2D eigenvalue weighted by Crippen LogP contribution is 2.24. The average Bonchev–Trinajstić information content (AvgIpc) is 3.25. The van der Waals surface area contributed by atoms with Gasteiger partial charge in [0.15, 0.2) is 0 Å². The predicted molar refractivity (Wildman–Crippen MR) is 106 cm³/mol. The normalized spacial score (nSPS) is 13.3. The molecule has 0 unspecified atom stereocenters. The van der Waals surface area contributed by atoms with E-state index in [9.17, 15) is 4.79 Å². The fourth-order valence-corrected chi connectivity index (χ4v) is 3.11. The third-order valence-corrected chi connectivity index (χ3v) is 4.52. The molecule has 0 bridgehead atoms. The van der Waals surface area contributed by atoms with Gasteiger partial charge in [0.05, 0.1) is 26.3 Å². The maximum absolute atomic E-state index is 12.4. The first-order chi connectivity index (χ1) is 13.6. The van der Waals surface area contributed by atoms with Crippen molar-refractivity contribution in [3.8, 4) is 17.4 Å². The molecule has 0 atom stereocenters. The summed E-state index contributed by atoms with van der Waals surface area (Å²) in [4.78, 5) is 23.4. The first-order valence-electron chi connectivity index (χ1n) is 9.34. The lowest BCUT2D eigenvalue weighted by Gasteiger charge is -2.17. The summed E-state index contributed by atoms with van der Waals surface area (Å²) >= 11 is 0. The van der Waals surface area contributed by atoms with E-state index in [0.717, 1.165) is 18.9 Å². The van der Waals surface area contributed by atoms with Crippen molar-refractivity contribution in [3.05, 3.63) is 35.7 Å². The summed E-state index contributed by atoms with van der Waals surface area (Å²) in [6.07, 6.45) is 2.36. The summed E-state index contributed by atoms with van der Waals surface area (Å²) in [7, 11) is 3.08. The van der Waals surface area contributed by atoms with E-state index in [0.29, 0.717) is 41.9 Å². The van der Waals surface area contributed by atoms with Crippen LogP contribution in [0.1, 0.15) is 29.0 Å². The molecule has 0 radical (unpaired) electrons. The summed E-state index contributed by atoms with van der Waals surface area (Å²) in [5.74, 6) is 2.94. The topological polar surface area (TPSA) is 85.8 Å². The summed E-state index contributed by atoms with van der Waals surface area (Å²) in [6.45, 7) is 4.52. The number of nitrogens with zero attached hydrogens (tertiary/aromatic N) is 3. The van der Waals surface area contributed by atoms with Gasteiger partial charge in [-0.1, -0.05) is 0 Å². The first-order valence-corrected chi connectivity index (χ1v) is 9.34. The number of benzene rings is 1. The minimum atomic E-state index is -0.236. The molecular formula is C20H26N4O4. The molecule has 2 heterocycles. The number of aromatic nitrogens is 2. The van der Waals surface area contributed by atoms with E-state index in [4.69, 9.17) is 14.2 Å². The molecule has 28 heavy (non-hydrogen) atoms. The van der Waals surface area contributed by atoms with Gasteiger partial charge < -0.3 is 24.4 Å². The Morgan fingerprint density at radius 2 is 1.93 bits per heavy atom. The highest BCUT2D eigenvalue weighted by atomic mass is 16.5. The van der Waals surface area contributed by atoms with Gasteiger partial charge >= 0.3 is 0 Å². The molecule has 1 N–H and O–H groups in total. The van der Waals surface area contributed by atoms with Crippen LogP contribution in [0, 0.1) is 6.92 Å². The second-order valence-electron chi connectivity index (χ2n) is 6.48. The zero-order valence-electron chi connectivity index (χ0n) is 16.5. The number of ether oxygens (including phenoxy) is 3. The maximum atomic E-state index is 12.4. The van der Waals surface area contributed by atoms with E-state index in [1.165, 1.54) is 20.0 Å². The van der Waals surface area contributed by atoms with Gasteiger partial charge in [-0.2, -0.15) is 4.98 Å². The molecule has 1 aromatic heterocycles. The van der Waals surface area contributed by atoms with Crippen molar-refractivity contribution in [1.82, 2.24) is 15.3 Å². The smallest absolute Gasteiger partial charge is 0.255 e. The van der Waals surface area contributed by atoms with Crippen molar-refractivity contribution in [2.75, 3.05) is 45.4 Å². The lowest BCUT2D eigenvalue weighted by atomic mass is 10.1. The lowest BCUT2D eigenvalue weighted by molar-refractivity contribution is 0.0943. The fraction of sp³-hybridized carbons (Fsp3) is 0.450. The molecule has 1 saturated heterocycles. The number of methoxy groups -OCH3 is 2. The van der Waals surface area contributed by atoms with Gasteiger partial charge in [-0.15, -0.1) is 0 Å². The molecular weight excluding hydrogens is 360 g/mol. The Bertz CT molecular complexity index is 822. The Balaban J connectivity index is 1.54. The number of anilines is 1. The Kier molecular flexibility index (Phi) is 6.52. The largest absolute Gasteiger partial charge is 0.497 e. The average molecular weight is 386 g/mol. The number of rotatable bonds is 8. The minimum absolute atomic E-state index is 0.236. The molecule has 1 aliphatic rings. The van der Waals surface area contributed by atoms with Crippen molar-refractivity contribution in [2.45, 2.75) is 19.8 Å². The SMILES string of the molecule is COc1ccc(C(=O)NCCOc2cc(N3CCCC3)nc(C)n2)c(OC)c1. The third-order valence-electron chi connectivity index (χ3n) is 4.52. The van der Waals surface area contributed by atoms with Crippen LogP contribution >= 0.6 is 0 Å². The molecule has 3 rings (SSSR count). The zero-order valence-corrected chi connectivity index (χ0v) is 16.5. The van der Waals surface area contributed by atoms with Crippen molar-refractivity contribution >= 4 is 11.7 Å². The van der Waals surface area contributed by atoms with Crippen LogP contribution in [0.25, 0.3) is 0 Å². The maximum Gasteiger partial charge on any atom is 0.255 e. The van der Waals surface area contributed by atoms with Crippen LogP contribution in [0.4, 0.5) is 5.82 Å². The van der Waals surface area contributed by atoms with Crippen LogP contribution in [0.15, 0.2) is 24.3 Å². The molecule has 1 aromatic carbocycles. The monoisotopic (exact) mass is 386 g/mol. The summed E-state index contributed by atoms with van der Waals surface area (Å²) in [5, 5.41) is 2.83. The van der Waals surface area contributed by atoms with E-state index in [-0.39, 0.29) is 5.91 Å². The zero-order chi connectivity index (χ0) is 19.9. The second-order valence-corrected chi connectivity index (χ2v) is 6.48. The van der Waals surface area contributed by atoms with Gasteiger partial charge in [-0.25, -0.2) is 4.98 Å². The third kappa shape index (κ3) is 4.82. The van der Waals surface area contributed by atoms with Gasteiger partial charge in [0.1, 0.15) is 29.7 Å². The van der Waals surface area contributed by atoms with Crippen LogP contribution in [0.5, 0.6) is 17.4 Å². The van der Waals surface area contributed by atoms with E-state index < -0.39 is 0 Å². The van der Waals surface area contributed by atoms with E-state index in [1.54, 1.807) is 25.3 Å². The fourth-order valence-electron chi connectivity index (χ4n) is 3.11. The molecule has 1 fully saturated rings. The van der Waals surface area contributed by atoms with Gasteiger partial charge in [0.25, 0.3) is 5.91 Å². The van der Waals surface area contributed by atoms with Gasteiger partial charge in [-0.3, -0.25) is 4.79 Å². The van der Waals surface area contributed by atoms with Crippen LogP contribution in [0.2, 0.25) is 0 Å². The summed E-state index contributed by atoms with van der Waals surface area (Å²) in [5.41, 5.74) is 0.442. The summed E-state index contributed by atoms with van der Waals surface area (Å²) in [6, 6.07) is 6.92. The number of carbonyl (C=O) groups is 1.